The number of esters is 1. The summed E-state index contributed by atoms with van der Waals surface area (Å²) >= 11 is 0. The Bertz CT molecular complexity index is 1600. The highest BCUT2D eigenvalue weighted by Gasteiger charge is 2.28. The number of hydrogen-bond donors (Lipinski definition) is 2. The number of aromatic nitrogens is 2. The monoisotopic (exact) mass is 497 g/mol. The van der Waals surface area contributed by atoms with Crippen molar-refractivity contribution in [2.45, 2.75) is 26.7 Å². The molecule has 0 unspecified atom stereocenters. The maximum absolute atomic E-state index is 13.3. The molecule has 9 nitrogen and oxygen atoms in total. The fourth-order valence-electron chi connectivity index (χ4n) is 4.48. The number of carbonyl (C=O) groups excluding carboxylic acids is 3. The van der Waals surface area contributed by atoms with Crippen LogP contribution in [0, 0.1) is 6.92 Å². The van der Waals surface area contributed by atoms with Crippen LogP contribution in [0.3, 0.4) is 0 Å². The quantitative estimate of drug-likeness (QED) is 0.289. The van der Waals surface area contributed by atoms with Gasteiger partial charge in [0.1, 0.15) is 11.5 Å². The number of anilines is 1. The third kappa shape index (κ3) is 4.84. The highest BCUT2D eigenvalue weighted by Crippen LogP contribution is 2.38. The number of pyridine rings is 1. The lowest BCUT2D eigenvalue weighted by Gasteiger charge is -2.12. The Morgan fingerprint density at radius 2 is 1.95 bits per heavy atom. The summed E-state index contributed by atoms with van der Waals surface area (Å²) in [5.41, 5.74) is 4.28. The number of Topliss-reactive ketones (excluding diaryl/α,β-unsaturated/α-hetero) is 1. The van der Waals surface area contributed by atoms with Gasteiger partial charge in [0, 0.05) is 17.0 Å². The standard InChI is InChI=1S/C28H23N3O6/c1-15-11-24(31-37-15)30-25(34)14-36-28(35)26-20-5-3-4-6-23(20)29-27-18(8-10-21(26)27)12-17-7-9-19(33)13-22(17)16(2)32/h3-7,9,11-13,33H,8,10,14H2,1-2H3,(H,30,31,34)/b18-12+. The van der Waals surface area contributed by atoms with E-state index in [9.17, 15) is 19.5 Å². The molecule has 4 aromatic rings. The van der Waals surface area contributed by atoms with Gasteiger partial charge in [0.25, 0.3) is 5.91 Å². The van der Waals surface area contributed by atoms with Crippen LogP contribution < -0.4 is 5.32 Å². The molecule has 2 heterocycles. The van der Waals surface area contributed by atoms with Crippen LogP contribution in [-0.4, -0.2) is 39.5 Å². The lowest BCUT2D eigenvalue weighted by atomic mass is 9.99. The van der Waals surface area contributed by atoms with Crippen LogP contribution in [0.15, 0.2) is 53.1 Å². The number of ketones is 1. The second kappa shape index (κ2) is 9.69. The third-order valence-electron chi connectivity index (χ3n) is 6.12. The molecule has 1 aliphatic carbocycles. The first-order valence-corrected chi connectivity index (χ1v) is 11.7. The van der Waals surface area contributed by atoms with Gasteiger partial charge in [-0.15, -0.1) is 0 Å². The van der Waals surface area contributed by atoms with Crippen LogP contribution in [0.4, 0.5) is 5.82 Å². The van der Waals surface area contributed by atoms with Crippen molar-refractivity contribution in [3.05, 3.63) is 82.2 Å². The minimum absolute atomic E-state index is 0.0102. The first kappa shape index (κ1) is 23.9. The summed E-state index contributed by atoms with van der Waals surface area (Å²) in [5, 5.41) is 16.7. The molecule has 2 N–H and O–H groups in total. The molecule has 0 saturated heterocycles. The molecular formula is C28H23N3O6. The summed E-state index contributed by atoms with van der Waals surface area (Å²) in [7, 11) is 0. The molecule has 0 saturated carbocycles. The van der Waals surface area contributed by atoms with Gasteiger partial charge in [-0.05, 0) is 67.7 Å². The lowest BCUT2D eigenvalue weighted by Crippen LogP contribution is -2.22. The maximum atomic E-state index is 13.3. The molecule has 0 spiro atoms. The minimum Gasteiger partial charge on any atom is -0.508 e. The molecule has 2 aromatic carbocycles. The maximum Gasteiger partial charge on any atom is 0.339 e. The minimum atomic E-state index is -0.628. The Morgan fingerprint density at radius 3 is 2.70 bits per heavy atom. The van der Waals surface area contributed by atoms with Gasteiger partial charge >= 0.3 is 5.97 Å². The molecule has 186 valence electrons. The molecule has 5 rings (SSSR count). The first-order chi connectivity index (χ1) is 17.8. The number of benzene rings is 2. The molecule has 0 bridgehead atoms. The Kier molecular flexibility index (Phi) is 6.27. The summed E-state index contributed by atoms with van der Waals surface area (Å²) < 4.78 is 10.3. The van der Waals surface area contributed by atoms with E-state index in [2.05, 4.69) is 10.5 Å². The van der Waals surface area contributed by atoms with Crippen molar-refractivity contribution in [1.82, 2.24) is 10.1 Å². The number of rotatable bonds is 6. The Hall–Kier alpha value is -4.79. The zero-order chi connectivity index (χ0) is 26.1. The van der Waals surface area contributed by atoms with E-state index in [1.165, 1.54) is 19.1 Å². The van der Waals surface area contributed by atoms with Crippen LogP contribution in [0.1, 0.15) is 56.6 Å². The largest absolute Gasteiger partial charge is 0.508 e. The number of para-hydroxylation sites is 1. The van der Waals surface area contributed by atoms with Crippen molar-refractivity contribution in [3.8, 4) is 5.75 Å². The van der Waals surface area contributed by atoms with Crippen molar-refractivity contribution in [3.63, 3.8) is 0 Å². The van der Waals surface area contributed by atoms with Crippen LogP contribution in [0.2, 0.25) is 0 Å². The number of nitrogens with one attached hydrogen (secondary N) is 1. The van der Waals surface area contributed by atoms with Gasteiger partial charge in [-0.1, -0.05) is 29.4 Å². The van der Waals surface area contributed by atoms with Gasteiger partial charge in [-0.25, -0.2) is 9.78 Å². The number of phenolic OH excluding ortho intramolecular Hbond substituents is 1. The van der Waals surface area contributed by atoms with E-state index in [0.29, 0.717) is 51.9 Å². The molecule has 2 aromatic heterocycles. The van der Waals surface area contributed by atoms with E-state index >= 15 is 0 Å². The zero-order valence-corrected chi connectivity index (χ0v) is 20.2. The van der Waals surface area contributed by atoms with Gasteiger partial charge in [-0.2, -0.15) is 0 Å². The summed E-state index contributed by atoms with van der Waals surface area (Å²) in [6.45, 7) is 2.65. The van der Waals surface area contributed by atoms with Crippen molar-refractivity contribution >= 4 is 46.0 Å². The third-order valence-corrected chi connectivity index (χ3v) is 6.12. The summed E-state index contributed by atoms with van der Waals surface area (Å²) in [6, 6.07) is 13.5. The number of allylic oxidation sites excluding steroid dienone is 1. The van der Waals surface area contributed by atoms with Crippen LogP contribution >= 0.6 is 0 Å². The van der Waals surface area contributed by atoms with E-state index in [1.807, 2.05) is 24.3 Å². The van der Waals surface area contributed by atoms with Crippen molar-refractivity contribution in [2.24, 2.45) is 0 Å². The molecule has 37 heavy (non-hydrogen) atoms. The number of phenols is 1. The SMILES string of the molecule is CC(=O)c1cc(O)ccc1/C=C1\CCc2c1nc1ccccc1c2C(=O)OCC(=O)Nc1cc(C)on1. The molecule has 0 aliphatic heterocycles. The van der Waals surface area contributed by atoms with Gasteiger partial charge < -0.3 is 19.7 Å². The zero-order valence-electron chi connectivity index (χ0n) is 20.2. The lowest BCUT2D eigenvalue weighted by molar-refractivity contribution is -0.119. The Balaban J connectivity index is 1.48. The van der Waals surface area contributed by atoms with E-state index < -0.39 is 18.5 Å². The number of aromatic hydroxyl groups is 1. The number of fused-ring (bicyclic) bond motifs is 2. The molecule has 0 atom stereocenters. The van der Waals surface area contributed by atoms with Gasteiger partial charge in [0.2, 0.25) is 0 Å². The van der Waals surface area contributed by atoms with E-state index in [0.717, 1.165) is 11.1 Å². The molecule has 1 aliphatic rings. The summed E-state index contributed by atoms with van der Waals surface area (Å²) in [6.07, 6.45) is 3.01. The molecule has 1 amide bonds. The van der Waals surface area contributed by atoms with Crippen molar-refractivity contribution in [2.75, 3.05) is 11.9 Å². The molecule has 0 fully saturated rings. The topological polar surface area (TPSA) is 132 Å². The van der Waals surface area contributed by atoms with Gasteiger partial charge in [-0.3, -0.25) is 9.59 Å². The molecular weight excluding hydrogens is 474 g/mol. The number of hydrogen-bond acceptors (Lipinski definition) is 8. The number of aryl methyl sites for hydroxylation is 1. The van der Waals surface area contributed by atoms with Crippen LogP contribution in [-0.2, 0) is 16.0 Å². The fourth-order valence-corrected chi connectivity index (χ4v) is 4.48. The van der Waals surface area contributed by atoms with Crippen molar-refractivity contribution < 1.29 is 28.8 Å². The normalized spacial score (nSPS) is 13.5. The van der Waals surface area contributed by atoms with E-state index in [1.54, 1.807) is 25.1 Å². The van der Waals surface area contributed by atoms with E-state index in [-0.39, 0.29) is 17.4 Å². The van der Waals surface area contributed by atoms with Gasteiger partial charge in [0.15, 0.2) is 18.2 Å². The molecule has 9 heteroatoms. The number of amides is 1. The van der Waals surface area contributed by atoms with Crippen LogP contribution in [0.5, 0.6) is 5.75 Å². The molecule has 0 radical (unpaired) electrons. The highest BCUT2D eigenvalue weighted by atomic mass is 16.5. The van der Waals surface area contributed by atoms with Crippen LogP contribution in [0.25, 0.3) is 22.6 Å². The predicted molar refractivity (Wildman–Crippen MR) is 136 cm³/mol. The predicted octanol–water partition coefficient (Wildman–Crippen LogP) is 4.72. The average Bonchev–Trinajstić information content (AvgIpc) is 3.47. The second-order valence-corrected chi connectivity index (χ2v) is 8.78. The van der Waals surface area contributed by atoms with Crippen molar-refractivity contribution in [1.29, 1.82) is 0 Å². The van der Waals surface area contributed by atoms with Gasteiger partial charge in [0.05, 0.1) is 16.8 Å². The smallest absolute Gasteiger partial charge is 0.339 e. The Labute approximate surface area is 211 Å². The van der Waals surface area contributed by atoms with E-state index in [4.69, 9.17) is 14.2 Å². The average molecular weight is 498 g/mol. The Morgan fingerprint density at radius 1 is 1.14 bits per heavy atom. The second-order valence-electron chi connectivity index (χ2n) is 8.78. The number of nitrogens with zero attached hydrogens (tertiary/aromatic N) is 2. The summed E-state index contributed by atoms with van der Waals surface area (Å²) in [5.74, 6) is -0.551. The number of ether oxygens (including phenoxy) is 1. The number of carbonyl (C=O) groups is 3. The highest BCUT2D eigenvalue weighted by molar-refractivity contribution is 6.08. The first-order valence-electron chi connectivity index (χ1n) is 11.7. The summed E-state index contributed by atoms with van der Waals surface area (Å²) in [4.78, 5) is 42.5. The fraction of sp³-hybridized carbons (Fsp3) is 0.179.